The Bertz CT molecular complexity index is 970. The van der Waals surface area contributed by atoms with Crippen molar-refractivity contribution >= 4 is 16.9 Å². The van der Waals surface area contributed by atoms with Gasteiger partial charge < -0.3 is 9.88 Å². The van der Waals surface area contributed by atoms with Gasteiger partial charge in [0.25, 0.3) is 5.91 Å². The Morgan fingerprint density at radius 2 is 2.20 bits per heavy atom. The van der Waals surface area contributed by atoms with Gasteiger partial charge >= 0.3 is 0 Å². The molecule has 128 valence electrons. The minimum absolute atomic E-state index is 0.00830. The molecule has 1 aliphatic carbocycles. The molecule has 0 unspecified atom stereocenters. The third kappa shape index (κ3) is 2.27. The number of fused-ring (bicyclic) bond motifs is 2. The molecule has 3 heterocycles. The standard InChI is InChI=1S/C19H21N5O/c1-11-7-8-14-15(10-11)21-18(20-14)16-6-3-9-24(16)19(25)17-12-4-2-5-13(12)22-23-17/h7-8,10,16H,2-6,9H2,1H3,(H,20,21)(H,22,23)/t16-/m0/s1. The zero-order valence-corrected chi connectivity index (χ0v) is 14.3. The molecule has 3 aromatic rings. The van der Waals surface area contributed by atoms with Crippen molar-refractivity contribution in [3.63, 3.8) is 0 Å². The summed E-state index contributed by atoms with van der Waals surface area (Å²) in [6.45, 7) is 2.84. The van der Waals surface area contributed by atoms with Gasteiger partial charge in [0, 0.05) is 17.8 Å². The number of imidazole rings is 1. The van der Waals surface area contributed by atoms with Crippen LogP contribution in [0.15, 0.2) is 18.2 Å². The topological polar surface area (TPSA) is 77.7 Å². The molecule has 1 atom stereocenters. The number of aromatic nitrogens is 4. The average Bonchev–Trinajstić information content (AvgIpc) is 3.35. The van der Waals surface area contributed by atoms with Crippen LogP contribution in [0.3, 0.4) is 0 Å². The molecule has 25 heavy (non-hydrogen) atoms. The molecule has 2 N–H and O–H groups in total. The molecule has 5 rings (SSSR count). The quantitative estimate of drug-likeness (QED) is 0.755. The van der Waals surface area contributed by atoms with E-state index in [-0.39, 0.29) is 11.9 Å². The highest BCUT2D eigenvalue weighted by atomic mass is 16.2. The Morgan fingerprint density at radius 1 is 1.28 bits per heavy atom. The highest BCUT2D eigenvalue weighted by molar-refractivity contribution is 5.94. The van der Waals surface area contributed by atoms with Crippen LogP contribution in [0.1, 0.15) is 58.4 Å². The molecule has 0 saturated carbocycles. The van der Waals surface area contributed by atoms with Crippen molar-refractivity contribution in [3.05, 3.63) is 46.5 Å². The highest BCUT2D eigenvalue weighted by Gasteiger charge is 2.35. The minimum atomic E-state index is 0.00830. The number of rotatable bonds is 2. The number of hydrogen-bond acceptors (Lipinski definition) is 3. The van der Waals surface area contributed by atoms with Gasteiger partial charge in [-0.3, -0.25) is 9.89 Å². The third-order valence-corrected chi connectivity index (χ3v) is 5.49. The lowest BCUT2D eigenvalue weighted by Gasteiger charge is -2.22. The summed E-state index contributed by atoms with van der Waals surface area (Å²) in [5, 5.41) is 7.37. The van der Waals surface area contributed by atoms with Gasteiger partial charge in [0.15, 0.2) is 5.69 Å². The van der Waals surface area contributed by atoms with E-state index in [1.54, 1.807) is 0 Å². The fourth-order valence-corrected chi connectivity index (χ4v) is 4.23. The molecular weight excluding hydrogens is 314 g/mol. The number of aryl methyl sites for hydroxylation is 2. The average molecular weight is 335 g/mol. The number of hydrogen-bond donors (Lipinski definition) is 2. The van der Waals surface area contributed by atoms with Crippen molar-refractivity contribution in [2.24, 2.45) is 0 Å². The number of likely N-dealkylation sites (tertiary alicyclic amines) is 1. The van der Waals surface area contributed by atoms with Gasteiger partial charge in [-0.15, -0.1) is 0 Å². The first kappa shape index (κ1) is 14.7. The van der Waals surface area contributed by atoms with Crippen LogP contribution in [0, 0.1) is 6.92 Å². The van der Waals surface area contributed by atoms with Crippen LogP contribution >= 0.6 is 0 Å². The monoisotopic (exact) mass is 335 g/mol. The first-order chi connectivity index (χ1) is 12.2. The normalized spacial score (nSPS) is 19.7. The maximum absolute atomic E-state index is 13.1. The maximum atomic E-state index is 13.1. The van der Waals surface area contributed by atoms with Crippen LogP contribution in [0.2, 0.25) is 0 Å². The predicted octanol–water partition coefficient (Wildman–Crippen LogP) is 3.06. The molecule has 1 aliphatic heterocycles. The molecule has 1 amide bonds. The summed E-state index contributed by atoms with van der Waals surface area (Å²) in [4.78, 5) is 23.2. The van der Waals surface area contributed by atoms with Gasteiger partial charge in [-0.1, -0.05) is 6.07 Å². The lowest BCUT2D eigenvalue weighted by Crippen LogP contribution is -2.32. The number of carbonyl (C=O) groups excluding carboxylic acids is 1. The zero-order chi connectivity index (χ0) is 17.0. The van der Waals surface area contributed by atoms with Crippen molar-refractivity contribution in [2.45, 2.75) is 45.1 Å². The van der Waals surface area contributed by atoms with Crippen molar-refractivity contribution in [1.29, 1.82) is 0 Å². The molecule has 1 aromatic carbocycles. The molecule has 2 aromatic heterocycles. The second-order valence-electron chi connectivity index (χ2n) is 7.18. The lowest BCUT2D eigenvalue weighted by atomic mass is 10.1. The predicted molar refractivity (Wildman–Crippen MR) is 94.5 cm³/mol. The number of benzene rings is 1. The Hall–Kier alpha value is -2.63. The highest BCUT2D eigenvalue weighted by Crippen LogP contribution is 2.34. The van der Waals surface area contributed by atoms with E-state index in [1.165, 1.54) is 5.56 Å². The van der Waals surface area contributed by atoms with E-state index in [1.807, 2.05) is 11.0 Å². The van der Waals surface area contributed by atoms with Gasteiger partial charge in [0.05, 0.1) is 17.1 Å². The largest absolute Gasteiger partial charge is 0.340 e. The molecule has 1 fully saturated rings. The molecular formula is C19H21N5O. The van der Waals surface area contributed by atoms with E-state index < -0.39 is 0 Å². The van der Waals surface area contributed by atoms with Crippen molar-refractivity contribution in [3.8, 4) is 0 Å². The maximum Gasteiger partial charge on any atom is 0.275 e. The van der Waals surface area contributed by atoms with Crippen molar-refractivity contribution < 1.29 is 4.79 Å². The Morgan fingerprint density at radius 3 is 3.12 bits per heavy atom. The summed E-state index contributed by atoms with van der Waals surface area (Å²) in [6, 6.07) is 6.21. The minimum Gasteiger partial charge on any atom is -0.340 e. The van der Waals surface area contributed by atoms with Crippen LogP contribution in [0.5, 0.6) is 0 Å². The number of nitrogens with zero attached hydrogens (tertiary/aromatic N) is 3. The summed E-state index contributed by atoms with van der Waals surface area (Å²) < 4.78 is 0. The first-order valence-electron chi connectivity index (χ1n) is 9.04. The van der Waals surface area contributed by atoms with E-state index in [4.69, 9.17) is 4.98 Å². The summed E-state index contributed by atoms with van der Waals surface area (Å²) in [5.41, 5.74) is 6.07. The zero-order valence-electron chi connectivity index (χ0n) is 14.3. The van der Waals surface area contributed by atoms with E-state index in [0.29, 0.717) is 5.69 Å². The van der Waals surface area contributed by atoms with Gasteiger partial charge in [-0.05, 0) is 56.7 Å². The number of carbonyl (C=O) groups is 1. The van der Waals surface area contributed by atoms with Crippen molar-refractivity contribution in [2.75, 3.05) is 6.54 Å². The Kier molecular flexibility index (Phi) is 3.20. The number of nitrogens with one attached hydrogen (secondary N) is 2. The second kappa shape index (κ2) is 5.44. The molecule has 6 nitrogen and oxygen atoms in total. The summed E-state index contributed by atoms with van der Waals surface area (Å²) in [5.74, 6) is 0.928. The second-order valence-corrected chi connectivity index (χ2v) is 7.18. The summed E-state index contributed by atoms with van der Waals surface area (Å²) >= 11 is 0. The van der Waals surface area contributed by atoms with Crippen LogP contribution in [0.4, 0.5) is 0 Å². The van der Waals surface area contributed by atoms with Crippen LogP contribution < -0.4 is 0 Å². The van der Waals surface area contributed by atoms with E-state index in [0.717, 1.165) is 66.8 Å². The molecule has 1 saturated heterocycles. The van der Waals surface area contributed by atoms with E-state index >= 15 is 0 Å². The summed E-state index contributed by atoms with van der Waals surface area (Å²) in [7, 11) is 0. The molecule has 0 spiro atoms. The van der Waals surface area contributed by atoms with E-state index in [9.17, 15) is 4.79 Å². The number of amides is 1. The van der Waals surface area contributed by atoms with Crippen molar-refractivity contribution in [1.82, 2.24) is 25.1 Å². The van der Waals surface area contributed by atoms with E-state index in [2.05, 4.69) is 34.2 Å². The Labute approximate surface area is 145 Å². The smallest absolute Gasteiger partial charge is 0.275 e. The fourth-order valence-electron chi connectivity index (χ4n) is 4.23. The van der Waals surface area contributed by atoms with Crippen LogP contribution in [-0.4, -0.2) is 37.5 Å². The number of H-pyrrole nitrogens is 2. The fraction of sp³-hybridized carbons (Fsp3) is 0.421. The first-order valence-corrected chi connectivity index (χ1v) is 9.04. The Balaban J connectivity index is 1.49. The van der Waals surface area contributed by atoms with Crippen LogP contribution in [0.25, 0.3) is 11.0 Å². The molecule has 6 heteroatoms. The summed E-state index contributed by atoms with van der Waals surface area (Å²) in [6.07, 6.45) is 5.00. The molecule has 0 bridgehead atoms. The third-order valence-electron chi connectivity index (χ3n) is 5.49. The molecule has 2 aliphatic rings. The number of aromatic amines is 2. The van der Waals surface area contributed by atoms with Gasteiger partial charge in [-0.2, -0.15) is 5.10 Å². The van der Waals surface area contributed by atoms with Gasteiger partial charge in [0.2, 0.25) is 0 Å². The van der Waals surface area contributed by atoms with Crippen LogP contribution in [-0.2, 0) is 12.8 Å². The van der Waals surface area contributed by atoms with Gasteiger partial charge in [-0.25, -0.2) is 4.98 Å². The molecule has 0 radical (unpaired) electrons. The SMILES string of the molecule is Cc1ccc2nc([C@@H]3CCCN3C(=O)c3n[nH]c4c3CCC4)[nH]c2c1. The lowest BCUT2D eigenvalue weighted by molar-refractivity contribution is 0.0723. The van der Waals surface area contributed by atoms with Gasteiger partial charge in [0.1, 0.15) is 5.82 Å².